The van der Waals surface area contributed by atoms with Crippen molar-refractivity contribution in [2.75, 3.05) is 12.4 Å². The SMILES string of the molecule is C/C=C/C.CC.COc1c(Nc2cc(Cl)ncc2C(=O)C2CC2)cccc1C(C)=N. The van der Waals surface area contributed by atoms with Gasteiger partial charge in [-0.05, 0) is 51.8 Å². The van der Waals surface area contributed by atoms with Crippen LogP contribution in [0.2, 0.25) is 5.15 Å². The van der Waals surface area contributed by atoms with Crippen molar-refractivity contribution in [2.45, 2.75) is 47.5 Å². The van der Waals surface area contributed by atoms with E-state index in [2.05, 4.69) is 10.3 Å². The second kappa shape index (κ2) is 12.8. The van der Waals surface area contributed by atoms with E-state index in [4.69, 9.17) is 21.7 Å². The molecule has 0 aliphatic heterocycles. The van der Waals surface area contributed by atoms with Gasteiger partial charge in [0.15, 0.2) is 11.5 Å². The van der Waals surface area contributed by atoms with Crippen LogP contribution in [0, 0.1) is 11.3 Å². The van der Waals surface area contributed by atoms with Crippen molar-refractivity contribution in [1.29, 1.82) is 5.41 Å². The zero-order valence-corrected chi connectivity index (χ0v) is 19.4. The summed E-state index contributed by atoms with van der Waals surface area (Å²) >= 11 is 6.01. The van der Waals surface area contributed by atoms with Crippen LogP contribution in [0.15, 0.2) is 42.6 Å². The van der Waals surface area contributed by atoms with Gasteiger partial charge < -0.3 is 15.5 Å². The molecule has 0 bridgehead atoms. The first-order valence-electron chi connectivity index (χ1n) is 10.2. The maximum Gasteiger partial charge on any atom is 0.169 e. The zero-order valence-electron chi connectivity index (χ0n) is 18.7. The smallest absolute Gasteiger partial charge is 0.169 e. The Morgan fingerprint density at radius 3 is 2.33 bits per heavy atom. The largest absolute Gasteiger partial charge is 0.494 e. The van der Waals surface area contributed by atoms with Crippen LogP contribution >= 0.6 is 11.6 Å². The number of ketones is 1. The number of carbonyl (C=O) groups excluding carboxylic acids is 1. The van der Waals surface area contributed by atoms with Crippen LogP contribution in [-0.2, 0) is 0 Å². The molecule has 2 N–H and O–H groups in total. The lowest BCUT2D eigenvalue weighted by Crippen LogP contribution is -2.08. The van der Waals surface area contributed by atoms with E-state index in [-0.39, 0.29) is 11.7 Å². The highest BCUT2D eigenvalue weighted by Gasteiger charge is 2.32. The van der Waals surface area contributed by atoms with E-state index in [1.807, 2.05) is 58.0 Å². The highest BCUT2D eigenvalue weighted by atomic mass is 35.5. The molecule has 0 atom stereocenters. The van der Waals surface area contributed by atoms with Gasteiger partial charge >= 0.3 is 0 Å². The van der Waals surface area contributed by atoms with Gasteiger partial charge in [-0.2, -0.15) is 0 Å². The number of allylic oxidation sites excluding steroid dienone is 2. The first kappa shape index (κ1) is 25.4. The van der Waals surface area contributed by atoms with E-state index in [9.17, 15) is 4.79 Å². The maximum atomic E-state index is 12.5. The molecular weight excluding hydrogens is 398 g/mol. The van der Waals surface area contributed by atoms with Gasteiger partial charge in [0, 0.05) is 23.4 Å². The summed E-state index contributed by atoms with van der Waals surface area (Å²) in [7, 11) is 1.56. The molecule has 6 heteroatoms. The fourth-order valence-electron chi connectivity index (χ4n) is 2.59. The minimum Gasteiger partial charge on any atom is -0.494 e. The Morgan fingerprint density at radius 1 is 1.20 bits per heavy atom. The van der Waals surface area contributed by atoms with Crippen molar-refractivity contribution in [1.82, 2.24) is 4.98 Å². The van der Waals surface area contributed by atoms with Crippen molar-refractivity contribution in [2.24, 2.45) is 5.92 Å². The number of para-hydroxylation sites is 1. The summed E-state index contributed by atoms with van der Waals surface area (Å²) < 4.78 is 5.46. The lowest BCUT2D eigenvalue weighted by atomic mass is 10.1. The predicted molar refractivity (Wildman–Crippen MR) is 127 cm³/mol. The van der Waals surface area contributed by atoms with Gasteiger partial charge in [0.25, 0.3) is 0 Å². The summed E-state index contributed by atoms with van der Waals surface area (Å²) in [6, 6.07) is 7.14. The average Bonchev–Trinajstić information content (AvgIpc) is 3.60. The summed E-state index contributed by atoms with van der Waals surface area (Å²) in [6.07, 6.45) is 7.36. The highest BCUT2D eigenvalue weighted by molar-refractivity contribution is 6.29. The van der Waals surface area contributed by atoms with Crippen molar-refractivity contribution in [3.8, 4) is 5.75 Å². The minimum atomic E-state index is 0.0834. The molecule has 30 heavy (non-hydrogen) atoms. The molecule has 3 rings (SSSR count). The summed E-state index contributed by atoms with van der Waals surface area (Å²) in [4.78, 5) is 16.5. The van der Waals surface area contributed by atoms with E-state index < -0.39 is 0 Å². The van der Waals surface area contributed by atoms with Crippen LogP contribution in [-0.4, -0.2) is 23.6 Å². The number of Topliss-reactive ketones (excluding diaryl/α,β-unsaturated/α-hetero) is 1. The molecule has 1 aliphatic carbocycles. The third-order valence-electron chi connectivity index (χ3n) is 4.31. The van der Waals surface area contributed by atoms with Crippen molar-refractivity contribution in [3.63, 3.8) is 0 Å². The zero-order chi connectivity index (χ0) is 22.7. The molecule has 1 saturated carbocycles. The number of aromatic nitrogens is 1. The number of carbonyl (C=O) groups is 1. The lowest BCUT2D eigenvalue weighted by molar-refractivity contribution is 0.0968. The first-order chi connectivity index (χ1) is 14.4. The normalized spacial score (nSPS) is 12.2. The third kappa shape index (κ3) is 6.99. The third-order valence-corrected chi connectivity index (χ3v) is 4.52. The van der Waals surface area contributed by atoms with Crippen LogP contribution in [0.25, 0.3) is 0 Å². The molecule has 0 amide bonds. The molecule has 1 aliphatic rings. The summed E-state index contributed by atoms with van der Waals surface area (Å²) in [5.74, 6) is 0.730. The van der Waals surface area contributed by atoms with E-state index in [1.54, 1.807) is 20.1 Å². The molecule has 2 aromatic rings. The number of methoxy groups -OCH3 is 1. The molecule has 1 aromatic carbocycles. The predicted octanol–water partition coefficient (Wildman–Crippen LogP) is 7.08. The highest BCUT2D eigenvalue weighted by Crippen LogP contribution is 2.37. The Hall–Kier alpha value is -2.66. The fourth-order valence-corrected chi connectivity index (χ4v) is 2.75. The van der Waals surface area contributed by atoms with Crippen LogP contribution in [0.4, 0.5) is 11.4 Å². The molecule has 1 heterocycles. The Labute approximate surface area is 185 Å². The fraction of sp³-hybridized carbons (Fsp3) is 0.375. The van der Waals surface area contributed by atoms with Gasteiger partial charge in [-0.1, -0.05) is 43.7 Å². The molecular formula is C24H32ClN3O2. The Bertz CT molecular complexity index is 886. The van der Waals surface area contributed by atoms with Gasteiger partial charge in [0.2, 0.25) is 0 Å². The number of benzene rings is 1. The van der Waals surface area contributed by atoms with Crippen LogP contribution in [0.5, 0.6) is 5.75 Å². The number of nitrogens with one attached hydrogen (secondary N) is 2. The van der Waals surface area contributed by atoms with E-state index in [1.165, 1.54) is 6.20 Å². The number of hydrogen-bond acceptors (Lipinski definition) is 5. The molecule has 5 nitrogen and oxygen atoms in total. The standard InChI is InChI=1S/C18H18ClN3O2.C4H8.C2H6/c1-10(20)12-4-3-5-14(18(12)24-2)22-15-8-16(19)21-9-13(15)17(23)11-6-7-11;1-3-4-2;1-2/h3-5,8-9,11,20H,6-7H2,1-2H3,(H,21,22);3-4H,1-2H3;1-2H3/b;4-3+;. The number of ether oxygens (including phenoxy) is 1. The average molecular weight is 430 g/mol. The maximum absolute atomic E-state index is 12.5. The Kier molecular flexibility index (Phi) is 10.8. The number of pyridine rings is 1. The number of hydrogen-bond donors (Lipinski definition) is 2. The summed E-state index contributed by atoms with van der Waals surface area (Å²) in [6.45, 7) is 9.70. The van der Waals surface area contributed by atoms with Gasteiger partial charge in [0.1, 0.15) is 5.15 Å². The molecule has 1 aromatic heterocycles. The second-order valence-corrected chi connectivity index (χ2v) is 6.88. The number of nitrogens with zero attached hydrogens (tertiary/aromatic N) is 1. The minimum absolute atomic E-state index is 0.0834. The number of anilines is 2. The summed E-state index contributed by atoms with van der Waals surface area (Å²) in [5, 5.41) is 11.4. The number of halogens is 1. The van der Waals surface area contributed by atoms with E-state index in [0.29, 0.717) is 39.1 Å². The first-order valence-corrected chi connectivity index (χ1v) is 10.6. The Morgan fingerprint density at radius 2 is 1.83 bits per heavy atom. The van der Waals surface area contributed by atoms with Gasteiger partial charge in [-0.3, -0.25) is 4.79 Å². The number of rotatable bonds is 6. The van der Waals surface area contributed by atoms with Crippen molar-refractivity contribution in [3.05, 3.63) is 58.9 Å². The van der Waals surface area contributed by atoms with Gasteiger partial charge in [-0.25, -0.2) is 4.98 Å². The van der Waals surface area contributed by atoms with Gasteiger partial charge in [0.05, 0.1) is 24.0 Å². The van der Waals surface area contributed by atoms with Crippen LogP contribution in [0.3, 0.4) is 0 Å². The van der Waals surface area contributed by atoms with Crippen LogP contribution < -0.4 is 10.1 Å². The second-order valence-electron chi connectivity index (χ2n) is 6.49. The van der Waals surface area contributed by atoms with E-state index in [0.717, 1.165) is 12.8 Å². The van der Waals surface area contributed by atoms with Crippen molar-refractivity contribution >= 4 is 34.5 Å². The topological polar surface area (TPSA) is 75.1 Å². The molecule has 1 fully saturated rings. The molecule has 0 spiro atoms. The monoisotopic (exact) mass is 429 g/mol. The lowest BCUT2D eigenvalue weighted by Gasteiger charge is -2.16. The molecule has 0 radical (unpaired) electrons. The van der Waals surface area contributed by atoms with E-state index >= 15 is 0 Å². The van der Waals surface area contributed by atoms with Crippen LogP contribution in [0.1, 0.15) is 63.4 Å². The molecule has 0 saturated heterocycles. The quantitative estimate of drug-likeness (QED) is 0.222. The van der Waals surface area contributed by atoms with Gasteiger partial charge in [-0.15, -0.1) is 0 Å². The molecule has 0 unspecified atom stereocenters. The summed E-state index contributed by atoms with van der Waals surface area (Å²) in [5.41, 5.74) is 2.90. The Balaban J connectivity index is 0.000000673. The van der Waals surface area contributed by atoms with Crippen molar-refractivity contribution < 1.29 is 9.53 Å². The molecule has 162 valence electrons.